The van der Waals surface area contributed by atoms with Crippen molar-refractivity contribution in [2.45, 2.75) is 198 Å². The summed E-state index contributed by atoms with van der Waals surface area (Å²) in [5, 5.41) is 8.41. The maximum absolute atomic E-state index is 11.1. The molecule has 0 rings (SSSR count). The Morgan fingerprint density at radius 3 is 1.14 bits per heavy atom. The minimum Gasteiger partial charge on any atom is -0.354 e. The Kier molecular flexibility index (Phi) is 53.9. The van der Waals surface area contributed by atoms with Crippen LogP contribution in [0.1, 0.15) is 185 Å². The molecule has 3 N–H and O–H groups in total. The molecule has 65 heavy (non-hydrogen) atoms. The zero-order valence-electron chi connectivity index (χ0n) is 46.7. The molecule has 0 aliphatic heterocycles. The highest BCUT2D eigenvalue weighted by molar-refractivity contribution is 5.91. The van der Waals surface area contributed by atoms with Crippen molar-refractivity contribution >= 4 is 29.3 Å². The molecule has 0 radical (unpaired) electrons. The normalized spacial score (nSPS) is 11.7. The molecule has 8 heteroatoms. The second-order valence-corrected chi connectivity index (χ2v) is 20.4. The van der Waals surface area contributed by atoms with Gasteiger partial charge in [-0.3, -0.25) is 24.0 Å². The molecule has 0 aliphatic rings. The average molecular weight is 914 g/mol. The zero-order valence-corrected chi connectivity index (χ0v) is 46.7. The van der Waals surface area contributed by atoms with E-state index in [0.29, 0.717) is 60.7 Å². The Bertz CT molecular complexity index is 1350. The minimum atomic E-state index is -0.00583. The molecule has 0 fully saturated rings. The number of rotatable bonds is 21. The van der Waals surface area contributed by atoms with E-state index >= 15 is 0 Å². The third-order valence-electron chi connectivity index (χ3n) is 7.60. The number of hydrogen-bond donors (Lipinski definition) is 3. The van der Waals surface area contributed by atoms with Gasteiger partial charge in [-0.2, -0.15) is 0 Å². The highest BCUT2D eigenvalue weighted by Crippen LogP contribution is 2.04. The fraction of sp³-hybridized carbons (Fsp3) is 0.702. The molecule has 0 atom stereocenters. The first kappa shape index (κ1) is 72.8. The van der Waals surface area contributed by atoms with E-state index in [4.69, 9.17) is 0 Å². The molecule has 0 unspecified atom stereocenters. The highest BCUT2D eigenvalue weighted by Gasteiger charge is 2.05. The average Bonchev–Trinajstić information content (AvgIpc) is 3.14. The summed E-state index contributed by atoms with van der Waals surface area (Å²) in [4.78, 5) is 55.1. The second-order valence-electron chi connectivity index (χ2n) is 20.4. The molecule has 380 valence electrons. The van der Waals surface area contributed by atoms with Gasteiger partial charge >= 0.3 is 0 Å². The summed E-state index contributed by atoms with van der Waals surface area (Å²) in [6.45, 7) is 49.7. The Hall–Kier alpha value is -3.81. The van der Waals surface area contributed by atoms with Gasteiger partial charge in [0.25, 0.3) is 0 Å². The Morgan fingerprint density at radius 2 is 0.785 bits per heavy atom. The first-order chi connectivity index (χ1) is 29.8. The summed E-state index contributed by atoms with van der Waals surface area (Å²) in [5.74, 6) is 5.20. The van der Waals surface area contributed by atoms with Crippen molar-refractivity contribution < 1.29 is 24.0 Å². The van der Waals surface area contributed by atoms with E-state index in [1.165, 1.54) is 6.42 Å². The van der Waals surface area contributed by atoms with Gasteiger partial charge < -0.3 is 16.0 Å². The van der Waals surface area contributed by atoms with Crippen LogP contribution in [0.15, 0.2) is 72.9 Å². The van der Waals surface area contributed by atoms with Gasteiger partial charge in [0.05, 0.1) is 0 Å². The third kappa shape index (κ3) is 77.8. The Balaban J connectivity index is -0.000000161. The topological polar surface area (TPSA) is 121 Å². The van der Waals surface area contributed by atoms with Gasteiger partial charge in [0.15, 0.2) is 5.78 Å². The molecule has 0 aliphatic carbocycles. The van der Waals surface area contributed by atoms with Crippen LogP contribution in [0.5, 0.6) is 0 Å². The number of nitrogens with one attached hydrogen (secondary N) is 3. The summed E-state index contributed by atoms with van der Waals surface area (Å²) in [5.41, 5.74) is 0. The minimum absolute atomic E-state index is 0.00583. The lowest BCUT2D eigenvalue weighted by molar-refractivity contribution is -0.124. The predicted octanol–water partition coefficient (Wildman–Crippen LogP) is 14.3. The number of hydrogen-bond acceptors (Lipinski definition) is 5. The molecule has 0 saturated carbocycles. The van der Waals surface area contributed by atoms with E-state index in [1.807, 2.05) is 120 Å². The van der Waals surface area contributed by atoms with Crippen molar-refractivity contribution in [2.75, 3.05) is 6.54 Å². The molecule has 0 heterocycles. The number of carbonyl (C=O) groups is 5. The van der Waals surface area contributed by atoms with E-state index in [0.717, 1.165) is 5.92 Å². The van der Waals surface area contributed by atoms with Gasteiger partial charge in [0.1, 0.15) is 5.78 Å². The molecule has 0 aromatic heterocycles. The van der Waals surface area contributed by atoms with Gasteiger partial charge in [-0.05, 0) is 87.7 Å². The Morgan fingerprint density at radius 1 is 0.400 bits per heavy atom. The van der Waals surface area contributed by atoms with Gasteiger partial charge in [0, 0.05) is 49.2 Å². The summed E-state index contributed by atoms with van der Waals surface area (Å²) >= 11 is 0. The number of carbonyl (C=O) groups excluding carboxylic acids is 5. The van der Waals surface area contributed by atoms with Crippen LogP contribution in [0.3, 0.4) is 0 Å². The summed E-state index contributed by atoms with van der Waals surface area (Å²) < 4.78 is 0. The first-order valence-electron chi connectivity index (χ1n) is 24.7. The number of amides is 3. The maximum Gasteiger partial charge on any atom is 0.243 e. The van der Waals surface area contributed by atoms with Crippen LogP contribution in [-0.4, -0.2) is 47.9 Å². The quantitative estimate of drug-likeness (QED) is 0.0782. The molecular weight excluding hydrogens is 807 g/mol. The fourth-order valence-corrected chi connectivity index (χ4v) is 3.94. The summed E-state index contributed by atoms with van der Waals surface area (Å²) in [7, 11) is 0. The molecule has 0 aromatic carbocycles. The third-order valence-corrected chi connectivity index (χ3v) is 7.60. The van der Waals surface area contributed by atoms with E-state index in [-0.39, 0.29) is 53.3 Å². The van der Waals surface area contributed by atoms with Crippen molar-refractivity contribution in [3.63, 3.8) is 0 Å². The van der Waals surface area contributed by atoms with E-state index in [1.54, 1.807) is 12.2 Å². The standard InChI is InChI=1S/2C10H19NO.C10H18O.C9H17NO.C9H16O.C9H18/c1-8(2)6-5-7-11-10(12)9(3)4;1-8(2)6-5-7-10(12)11-9(3)4;1-8(2)6-5-7-10(11)9(3)4;1-7(2)5-6-9(11)10-8(3)4;1-7(2)5-6-9(10)8(3)4;1-8(2)6-5-7-9(3)4/h2*5-6,8-9H,7H2,1-4H3,(H,11,12);5-6,8-9H,7H2,1-4H3;5-8H,1-4H3,(H,10,11);5-8H,1-4H3;5-6,8-9H,7H2,1-4H3/b6*6-5+. The fourth-order valence-electron chi connectivity index (χ4n) is 3.94. The van der Waals surface area contributed by atoms with E-state index in [2.05, 4.69) is 123 Å². The largest absolute Gasteiger partial charge is 0.354 e. The lowest BCUT2D eigenvalue weighted by Gasteiger charge is -2.05. The van der Waals surface area contributed by atoms with Crippen LogP contribution in [0.4, 0.5) is 0 Å². The van der Waals surface area contributed by atoms with Crippen LogP contribution in [-0.2, 0) is 24.0 Å². The Labute approximate surface area is 404 Å². The van der Waals surface area contributed by atoms with E-state index in [9.17, 15) is 24.0 Å². The van der Waals surface area contributed by atoms with Gasteiger partial charge in [-0.25, -0.2) is 0 Å². The van der Waals surface area contributed by atoms with Crippen LogP contribution in [0.2, 0.25) is 0 Å². The maximum atomic E-state index is 11.1. The molecular formula is C57H107N3O5. The molecule has 0 bridgehead atoms. The SMILES string of the molecule is CC(C)/C=C/C(=O)C(C)C.CC(C)/C=C/C(=O)NC(C)C.CC(C)/C=C/CC(=O)C(C)C.CC(C)/C=C/CC(=O)NC(C)C.CC(C)/C=C/CC(C)C.CC(C)/C=C/CNC(=O)C(C)C. The zero-order chi connectivity index (χ0) is 52.2. The molecule has 3 amide bonds. The van der Waals surface area contributed by atoms with Crippen molar-refractivity contribution in [3.05, 3.63) is 72.9 Å². The lowest BCUT2D eigenvalue weighted by Crippen LogP contribution is -2.29. The van der Waals surface area contributed by atoms with Crippen LogP contribution >= 0.6 is 0 Å². The van der Waals surface area contributed by atoms with Crippen molar-refractivity contribution in [3.8, 4) is 0 Å². The molecule has 8 nitrogen and oxygen atoms in total. The summed E-state index contributed by atoms with van der Waals surface area (Å²) in [6, 6.07) is 0.462. The van der Waals surface area contributed by atoms with E-state index < -0.39 is 0 Å². The monoisotopic (exact) mass is 914 g/mol. The van der Waals surface area contributed by atoms with Crippen LogP contribution in [0.25, 0.3) is 0 Å². The van der Waals surface area contributed by atoms with Crippen molar-refractivity contribution in [2.24, 2.45) is 59.2 Å². The van der Waals surface area contributed by atoms with Gasteiger partial charge in [-0.15, -0.1) is 0 Å². The van der Waals surface area contributed by atoms with Crippen molar-refractivity contribution in [1.29, 1.82) is 0 Å². The first-order valence-corrected chi connectivity index (χ1v) is 24.7. The smallest absolute Gasteiger partial charge is 0.243 e. The van der Waals surface area contributed by atoms with Gasteiger partial charge in [-0.1, -0.05) is 199 Å². The van der Waals surface area contributed by atoms with Gasteiger partial charge in [0.2, 0.25) is 17.7 Å². The van der Waals surface area contributed by atoms with Crippen molar-refractivity contribution in [1.82, 2.24) is 16.0 Å². The second kappa shape index (κ2) is 48.1. The van der Waals surface area contributed by atoms with Crippen LogP contribution in [0, 0.1) is 59.2 Å². The van der Waals surface area contributed by atoms with Crippen LogP contribution < -0.4 is 16.0 Å². The lowest BCUT2D eigenvalue weighted by atomic mass is 10.1. The molecule has 0 saturated heterocycles. The number of ketones is 2. The number of allylic oxidation sites excluding steroid dienone is 9. The summed E-state index contributed by atoms with van der Waals surface area (Å²) in [6.07, 6.45) is 26.0. The molecule has 0 spiro atoms. The molecule has 0 aromatic rings. The highest BCUT2D eigenvalue weighted by atomic mass is 16.2. The number of Topliss-reactive ketones (excluding diaryl/α,β-unsaturated/α-hetero) is 1. The predicted molar refractivity (Wildman–Crippen MR) is 287 cm³/mol.